The monoisotopic (exact) mass is 319 g/mol. The van der Waals surface area contributed by atoms with Crippen molar-refractivity contribution in [3.05, 3.63) is 69.7 Å². The van der Waals surface area contributed by atoms with Crippen LogP contribution in [0.2, 0.25) is 10.0 Å². The zero-order chi connectivity index (χ0) is 14.7. The molecule has 1 aliphatic rings. The third-order valence-corrected chi connectivity index (χ3v) is 4.58. The lowest BCUT2D eigenvalue weighted by Gasteiger charge is -2.19. The minimum atomic E-state index is 0.393. The minimum absolute atomic E-state index is 0.393. The van der Waals surface area contributed by atoms with Gasteiger partial charge in [-0.05, 0) is 48.6 Å². The Morgan fingerprint density at radius 1 is 1.05 bits per heavy atom. The molecule has 1 fully saturated rings. The first-order valence-corrected chi connectivity index (χ1v) is 8.20. The van der Waals surface area contributed by atoms with Crippen molar-refractivity contribution in [2.75, 3.05) is 6.54 Å². The van der Waals surface area contributed by atoms with Crippen LogP contribution in [0.25, 0.3) is 0 Å². The molecule has 0 radical (unpaired) electrons. The summed E-state index contributed by atoms with van der Waals surface area (Å²) in [5.41, 5.74) is 2.47. The molecule has 1 saturated carbocycles. The van der Waals surface area contributed by atoms with Crippen molar-refractivity contribution in [1.82, 2.24) is 5.32 Å². The Labute approximate surface area is 136 Å². The molecular formula is C18H19Cl2N. The van der Waals surface area contributed by atoms with Crippen LogP contribution in [0.15, 0.2) is 48.5 Å². The van der Waals surface area contributed by atoms with E-state index in [0.717, 1.165) is 23.0 Å². The van der Waals surface area contributed by atoms with Gasteiger partial charge in [-0.3, -0.25) is 0 Å². The van der Waals surface area contributed by atoms with Crippen molar-refractivity contribution in [1.29, 1.82) is 0 Å². The summed E-state index contributed by atoms with van der Waals surface area (Å²) < 4.78 is 0. The van der Waals surface area contributed by atoms with Crippen molar-refractivity contribution in [2.45, 2.75) is 31.2 Å². The van der Waals surface area contributed by atoms with E-state index in [9.17, 15) is 0 Å². The highest BCUT2D eigenvalue weighted by molar-refractivity contribution is 6.31. The van der Waals surface area contributed by atoms with Gasteiger partial charge >= 0.3 is 0 Å². The van der Waals surface area contributed by atoms with E-state index in [0.29, 0.717) is 12.0 Å². The molecule has 110 valence electrons. The molecule has 3 rings (SSSR count). The first-order valence-electron chi connectivity index (χ1n) is 7.44. The maximum Gasteiger partial charge on any atom is 0.0438 e. The molecule has 0 bridgehead atoms. The predicted molar refractivity (Wildman–Crippen MR) is 90.4 cm³/mol. The van der Waals surface area contributed by atoms with Gasteiger partial charge in [0.2, 0.25) is 0 Å². The van der Waals surface area contributed by atoms with Gasteiger partial charge in [0.1, 0.15) is 0 Å². The molecule has 0 heterocycles. The molecular weight excluding hydrogens is 301 g/mol. The fourth-order valence-electron chi connectivity index (χ4n) is 2.59. The second-order valence-electron chi connectivity index (χ2n) is 5.73. The van der Waals surface area contributed by atoms with E-state index in [4.69, 9.17) is 23.2 Å². The fourth-order valence-corrected chi connectivity index (χ4v) is 3.01. The summed E-state index contributed by atoms with van der Waals surface area (Å²) in [5.74, 6) is 0.393. The van der Waals surface area contributed by atoms with E-state index in [2.05, 4.69) is 23.5 Å². The van der Waals surface area contributed by atoms with Crippen LogP contribution in [0.1, 0.15) is 29.9 Å². The first-order chi connectivity index (χ1) is 10.2. The number of hydrogen-bond donors (Lipinski definition) is 1. The number of rotatable bonds is 6. The molecule has 0 aliphatic heterocycles. The topological polar surface area (TPSA) is 12.0 Å². The molecule has 0 spiro atoms. The molecule has 2 aromatic rings. The number of nitrogens with one attached hydrogen (secondary N) is 1. The van der Waals surface area contributed by atoms with Crippen LogP contribution in [-0.2, 0) is 6.42 Å². The zero-order valence-electron chi connectivity index (χ0n) is 11.9. The number of benzene rings is 2. The van der Waals surface area contributed by atoms with Crippen LogP contribution in [0, 0.1) is 0 Å². The molecule has 1 N–H and O–H groups in total. The lowest BCUT2D eigenvalue weighted by Crippen LogP contribution is -2.25. The normalized spacial score (nSPS) is 15.9. The summed E-state index contributed by atoms with van der Waals surface area (Å²) in [6.45, 7) is 0.968. The number of halogens is 2. The van der Waals surface area contributed by atoms with Gasteiger partial charge in [-0.15, -0.1) is 0 Å². The van der Waals surface area contributed by atoms with Crippen molar-refractivity contribution in [2.24, 2.45) is 0 Å². The molecule has 3 heteroatoms. The van der Waals surface area contributed by atoms with Gasteiger partial charge < -0.3 is 5.32 Å². The fraction of sp³-hybridized carbons (Fsp3) is 0.333. The standard InChI is InChI=1S/C18H19Cl2N/c19-16-6-3-5-13(11-16)15(12-21-17-8-9-17)10-14-4-1-2-7-18(14)20/h1-7,11,15,17,21H,8-10,12H2. The molecule has 0 aromatic heterocycles. The van der Waals surface area contributed by atoms with Crippen LogP contribution >= 0.6 is 23.2 Å². The summed E-state index contributed by atoms with van der Waals surface area (Å²) in [6.07, 6.45) is 3.53. The van der Waals surface area contributed by atoms with Gasteiger partial charge in [0.05, 0.1) is 0 Å². The van der Waals surface area contributed by atoms with Gasteiger partial charge in [-0.25, -0.2) is 0 Å². The lowest BCUT2D eigenvalue weighted by atomic mass is 9.92. The maximum absolute atomic E-state index is 6.32. The summed E-state index contributed by atoms with van der Waals surface area (Å²) in [7, 11) is 0. The van der Waals surface area contributed by atoms with Gasteiger partial charge in [0.15, 0.2) is 0 Å². The number of hydrogen-bond acceptors (Lipinski definition) is 1. The Hall–Kier alpha value is -1.02. The van der Waals surface area contributed by atoms with Crippen molar-refractivity contribution in [3.63, 3.8) is 0 Å². The second-order valence-corrected chi connectivity index (χ2v) is 6.57. The maximum atomic E-state index is 6.32. The predicted octanol–water partition coefficient (Wildman–Crippen LogP) is 5.07. The molecule has 1 atom stereocenters. The van der Waals surface area contributed by atoms with Gasteiger partial charge in [-0.1, -0.05) is 53.5 Å². The molecule has 0 amide bonds. The van der Waals surface area contributed by atoms with Gasteiger partial charge in [0.25, 0.3) is 0 Å². The van der Waals surface area contributed by atoms with Crippen LogP contribution in [0.5, 0.6) is 0 Å². The Balaban J connectivity index is 1.79. The Morgan fingerprint density at radius 3 is 2.57 bits per heavy atom. The van der Waals surface area contributed by atoms with E-state index in [1.54, 1.807) is 0 Å². The highest BCUT2D eigenvalue weighted by Gasteiger charge is 2.23. The summed E-state index contributed by atoms with van der Waals surface area (Å²) in [6, 6.07) is 17.0. The van der Waals surface area contributed by atoms with Gasteiger partial charge in [0, 0.05) is 28.5 Å². The molecule has 1 aliphatic carbocycles. The van der Waals surface area contributed by atoms with E-state index in [1.165, 1.54) is 24.0 Å². The summed E-state index contributed by atoms with van der Waals surface area (Å²) in [5, 5.41) is 5.27. The van der Waals surface area contributed by atoms with Crippen LogP contribution in [0.4, 0.5) is 0 Å². The quantitative estimate of drug-likeness (QED) is 0.783. The third kappa shape index (κ3) is 4.23. The highest BCUT2D eigenvalue weighted by Crippen LogP contribution is 2.28. The molecule has 1 nitrogen and oxygen atoms in total. The Bertz CT molecular complexity index is 608. The summed E-state index contributed by atoms with van der Waals surface area (Å²) >= 11 is 12.5. The third-order valence-electron chi connectivity index (χ3n) is 3.97. The van der Waals surface area contributed by atoms with E-state index < -0.39 is 0 Å². The highest BCUT2D eigenvalue weighted by atomic mass is 35.5. The molecule has 2 aromatic carbocycles. The van der Waals surface area contributed by atoms with E-state index >= 15 is 0 Å². The lowest BCUT2D eigenvalue weighted by molar-refractivity contribution is 0.577. The van der Waals surface area contributed by atoms with Crippen molar-refractivity contribution in [3.8, 4) is 0 Å². The van der Waals surface area contributed by atoms with Crippen LogP contribution in [-0.4, -0.2) is 12.6 Å². The Kier molecular flexibility index (Phi) is 4.84. The van der Waals surface area contributed by atoms with Crippen LogP contribution < -0.4 is 5.32 Å². The molecule has 21 heavy (non-hydrogen) atoms. The van der Waals surface area contributed by atoms with Crippen LogP contribution in [0.3, 0.4) is 0 Å². The van der Waals surface area contributed by atoms with Crippen molar-refractivity contribution >= 4 is 23.2 Å². The average molecular weight is 320 g/mol. The Morgan fingerprint density at radius 2 is 1.86 bits per heavy atom. The first kappa shape index (κ1) is 14.9. The average Bonchev–Trinajstić information content (AvgIpc) is 3.29. The summed E-state index contributed by atoms with van der Waals surface area (Å²) in [4.78, 5) is 0. The van der Waals surface area contributed by atoms with E-state index in [-0.39, 0.29) is 0 Å². The van der Waals surface area contributed by atoms with E-state index in [1.807, 2.05) is 30.3 Å². The molecule has 1 unspecified atom stereocenters. The van der Waals surface area contributed by atoms with Crippen molar-refractivity contribution < 1.29 is 0 Å². The smallest absolute Gasteiger partial charge is 0.0438 e. The second kappa shape index (κ2) is 6.83. The minimum Gasteiger partial charge on any atom is -0.313 e. The largest absolute Gasteiger partial charge is 0.313 e. The zero-order valence-corrected chi connectivity index (χ0v) is 13.4. The molecule has 0 saturated heterocycles. The van der Waals surface area contributed by atoms with Gasteiger partial charge in [-0.2, -0.15) is 0 Å². The SMILES string of the molecule is Clc1cccc(C(CNC2CC2)Cc2ccccc2Cl)c1.